The zero-order valence-corrected chi connectivity index (χ0v) is 10.6. The van der Waals surface area contributed by atoms with Crippen molar-refractivity contribution in [2.75, 3.05) is 19.6 Å². The Hall–Kier alpha value is -0.380. The Morgan fingerprint density at radius 3 is 2.67 bits per heavy atom. The lowest BCUT2D eigenvalue weighted by molar-refractivity contribution is 0.293. The third-order valence-electron chi connectivity index (χ3n) is 2.79. The van der Waals surface area contributed by atoms with Gasteiger partial charge in [-0.2, -0.15) is 0 Å². The van der Waals surface area contributed by atoms with Crippen molar-refractivity contribution >= 4 is 11.3 Å². The summed E-state index contributed by atoms with van der Waals surface area (Å²) in [7, 11) is 0. The molecule has 1 aromatic rings. The normalized spacial score (nSPS) is 13.3. The summed E-state index contributed by atoms with van der Waals surface area (Å²) in [5.41, 5.74) is 6.10. The van der Waals surface area contributed by atoms with E-state index in [9.17, 15) is 0 Å². The summed E-state index contributed by atoms with van der Waals surface area (Å²) in [5.74, 6) is 0. The second-order valence-corrected chi connectivity index (χ2v) is 4.77. The molecule has 0 spiro atoms. The van der Waals surface area contributed by atoms with E-state index in [0.29, 0.717) is 0 Å². The van der Waals surface area contributed by atoms with E-state index in [1.165, 1.54) is 17.8 Å². The maximum atomic E-state index is 6.10. The van der Waals surface area contributed by atoms with Crippen LogP contribution in [-0.2, 0) is 0 Å². The molecule has 1 atom stereocenters. The SMILES string of the molecule is CCN(CC)CCCC(N)c1cccs1. The largest absolute Gasteiger partial charge is 0.323 e. The van der Waals surface area contributed by atoms with Crippen LogP contribution in [0.2, 0.25) is 0 Å². The van der Waals surface area contributed by atoms with Crippen LogP contribution in [0.4, 0.5) is 0 Å². The third-order valence-corrected chi connectivity index (χ3v) is 3.80. The van der Waals surface area contributed by atoms with E-state index >= 15 is 0 Å². The topological polar surface area (TPSA) is 29.3 Å². The van der Waals surface area contributed by atoms with Gasteiger partial charge in [0.15, 0.2) is 0 Å². The number of rotatable bonds is 7. The molecule has 0 amide bonds. The standard InChI is InChI=1S/C12H22N2S/c1-3-14(4-2)9-5-7-11(13)12-8-6-10-15-12/h6,8,10-11H,3-5,7,9,13H2,1-2H3. The summed E-state index contributed by atoms with van der Waals surface area (Å²) in [6.45, 7) is 7.88. The molecule has 1 aromatic heterocycles. The Kier molecular flexibility index (Phi) is 5.91. The van der Waals surface area contributed by atoms with Crippen LogP contribution in [0, 0.1) is 0 Å². The van der Waals surface area contributed by atoms with Gasteiger partial charge in [0.2, 0.25) is 0 Å². The van der Waals surface area contributed by atoms with E-state index in [-0.39, 0.29) is 6.04 Å². The van der Waals surface area contributed by atoms with Gasteiger partial charge in [0, 0.05) is 10.9 Å². The fourth-order valence-corrected chi connectivity index (χ4v) is 2.48. The Bertz CT molecular complexity index is 242. The van der Waals surface area contributed by atoms with Gasteiger partial charge in [0.25, 0.3) is 0 Å². The van der Waals surface area contributed by atoms with Crippen molar-refractivity contribution < 1.29 is 0 Å². The van der Waals surface area contributed by atoms with Crippen LogP contribution < -0.4 is 5.73 Å². The molecule has 15 heavy (non-hydrogen) atoms. The Morgan fingerprint density at radius 2 is 2.13 bits per heavy atom. The molecular formula is C12H22N2S. The zero-order chi connectivity index (χ0) is 11.1. The monoisotopic (exact) mass is 226 g/mol. The first-order valence-electron chi connectivity index (χ1n) is 5.79. The van der Waals surface area contributed by atoms with Gasteiger partial charge >= 0.3 is 0 Å². The summed E-state index contributed by atoms with van der Waals surface area (Å²) in [6.07, 6.45) is 2.29. The number of nitrogens with zero attached hydrogens (tertiary/aromatic N) is 1. The maximum absolute atomic E-state index is 6.10. The molecule has 1 heterocycles. The van der Waals surface area contributed by atoms with Crippen molar-refractivity contribution in [1.82, 2.24) is 4.90 Å². The molecule has 2 nitrogen and oxygen atoms in total. The van der Waals surface area contributed by atoms with Crippen LogP contribution in [0.5, 0.6) is 0 Å². The molecule has 86 valence electrons. The lowest BCUT2D eigenvalue weighted by Crippen LogP contribution is -2.24. The summed E-state index contributed by atoms with van der Waals surface area (Å²) in [4.78, 5) is 3.76. The molecule has 1 rings (SSSR count). The molecule has 0 aliphatic heterocycles. The van der Waals surface area contributed by atoms with E-state index < -0.39 is 0 Å². The summed E-state index contributed by atoms with van der Waals surface area (Å²) < 4.78 is 0. The van der Waals surface area contributed by atoms with Crippen LogP contribution in [0.1, 0.15) is 37.6 Å². The first-order chi connectivity index (χ1) is 7.27. The molecule has 0 aliphatic carbocycles. The minimum absolute atomic E-state index is 0.237. The fraction of sp³-hybridized carbons (Fsp3) is 0.667. The molecule has 0 aromatic carbocycles. The van der Waals surface area contributed by atoms with Gasteiger partial charge in [-0.25, -0.2) is 0 Å². The average Bonchev–Trinajstić information content (AvgIpc) is 2.77. The number of thiophene rings is 1. The minimum atomic E-state index is 0.237. The zero-order valence-electron chi connectivity index (χ0n) is 9.78. The summed E-state index contributed by atoms with van der Waals surface area (Å²) in [5, 5.41) is 2.10. The molecule has 1 unspecified atom stereocenters. The molecule has 0 saturated heterocycles. The van der Waals surface area contributed by atoms with Crippen LogP contribution in [0.15, 0.2) is 17.5 Å². The van der Waals surface area contributed by atoms with Crippen molar-refractivity contribution in [1.29, 1.82) is 0 Å². The van der Waals surface area contributed by atoms with E-state index in [4.69, 9.17) is 5.73 Å². The number of nitrogens with two attached hydrogens (primary N) is 1. The highest BCUT2D eigenvalue weighted by atomic mass is 32.1. The molecule has 0 bridgehead atoms. The molecule has 0 fully saturated rings. The van der Waals surface area contributed by atoms with E-state index in [2.05, 4.69) is 36.3 Å². The van der Waals surface area contributed by atoms with Crippen molar-refractivity contribution in [3.8, 4) is 0 Å². The first kappa shape index (κ1) is 12.7. The van der Waals surface area contributed by atoms with Crippen LogP contribution >= 0.6 is 11.3 Å². The Morgan fingerprint density at radius 1 is 1.40 bits per heavy atom. The predicted octanol–water partition coefficient (Wildman–Crippen LogP) is 2.87. The van der Waals surface area contributed by atoms with Crippen molar-refractivity contribution in [2.45, 2.75) is 32.7 Å². The molecular weight excluding hydrogens is 204 g/mol. The summed E-state index contributed by atoms with van der Waals surface area (Å²) >= 11 is 1.76. The van der Waals surface area contributed by atoms with Gasteiger partial charge in [0.1, 0.15) is 0 Å². The Labute approximate surface area is 97.1 Å². The number of hydrogen-bond acceptors (Lipinski definition) is 3. The molecule has 2 N–H and O–H groups in total. The van der Waals surface area contributed by atoms with Gasteiger partial charge < -0.3 is 10.6 Å². The van der Waals surface area contributed by atoms with Crippen molar-refractivity contribution in [3.63, 3.8) is 0 Å². The van der Waals surface area contributed by atoms with Gasteiger partial charge in [-0.05, 0) is 43.9 Å². The molecule has 0 radical (unpaired) electrons. The molecule has 0 saturated carbocycles. The smallest absolute Gasteiger partial charge is 0.0390 e. The highest BCUT2D eigenvalue weighted by Crippen LogP contribution is 2.20. The highest BCUT2D eigenvalue weighted by molar-refractivity contribution is 7.10. The Balaban J connectivity index is 2.20. The van der Waals surface area contributed by atoms with E-state index in [1.807, 2.05) is 0 Å². The van der Waals surface area contributed by atoms with Crippen molar-refractivity contribution in [3.05, 3.63) is 22.4 Å². The van der Waals surface area contributed by atoms with Crippen LogP contribution in [-0.4, -0.2) is 24.5 Å². The molecule has 0 aliphatic rings. The van der Waals surface area contributed by atoms with Gasteiger partial charge in [-0.3, -0.25) is 0 Å². The maximum Gasteiger partial charge on any atom is 0.0390 e. The van der Waals surface area contributed by atoms with E-state index in [1.54, 1.807) is 11.3 Å². The summed E-state index contributed by atoms with van der Waals surface area (Å²) in [6, 6.07) is 4.44. The van der Waals surface area contributed by atoms with Crippen LogP contribution in [0.3, 0.4) is 0 Å². The fourth-order valence-electron chi connectivity index (χ4n) is 1.72. The number of hydrogen-bond donors (Lipinski definition) is 1. The van der Waals surface area contributed by atoms with Gasteiger partial charge in [0.05, 0.1) is 0 Å². The second-order valence-electron chi connectivity index (χ2n) is 3.79. The lowest BCUT2D eigenvalue weighted by atomic mass is 10.1. The lowest BCUT2D eigenvalue weighted by Gasteiger charge is -2.18. The van der Waals surface area contributed by atoms with E-state index in [0.717, 1.165) is 19.5 Å². The predicted molar refractivity (Wildman–Crippen MR) is 68.3 cm³/mol. The highest BCUT2D eigenvalue weighted by Gasteiger charge is 2.07. The van der Waals surface area contributed by atoms with Gasteiger partial charge in [-0.1, -0.05) is 19.9 Å². The first-order valence-corrected chi connectivity index (χ1v) is 6.67. The third kappa shape index (κ3) is 4.33. The van der Waals surface area contributed by atoms with Crippen LogP contribution in [0.25, 0.3) is 0 Å². The molecule has 3 heteroatoms. The second kappa shape index (κ2) is 6.99. The van der Waals surface area contributed by atoms with Gasteiger partial charge in [-0.15, -0.1) is 11.3 Å². The minimum Gasteiger partial charge on any atom is -0.323 e. The van der Waals surface area contributed by atoms with Crippen molar-refractivity contribution in [2.24, 2.45) is 5.73 Å². The quantitative estimate of drug-likeness (QED) is 0.774. The average molecular weight is 226 g/mol.